The van der Waals surface area contributed by atoms with E-state index in [2.05, 4.69) is 37.8 Å². The molecule has 0 aliphatic carbocycles. The third-order valence-corrected chi connectivity index (χ3v) is 4.13. The molecule has 3 aromatic rings. The Morgan fingerprint density at radius 1 is 1.20 bits per heavy atom. The molecule has 0 aliphatic heterocycles. The van der Waals surface area contributed by atoms with Gasteiger partial charge in [0.1, 0.15) is 0 Å². The molecule has 2 aromatic heterocycles. The van der Waals surface area contributed by atoms with Crippen LogP contribution in [0.2, 0.25) is 5.02 Å². The van der Waals surface area contributed by atoms with Crippen molar-refractivity contribution in [1.82, 2.24) is 19.7 Å². The van der Waals surface area contributed by atoms with Gasteiger partial charge in [-0.25, -0.2) is 0 Å². The number of H-pyrrole nitrogens is 1. The number of aromatic nitrogens is 4. The summed E-state index contributed by atoms with van der Waals surface area (Å²) in [6.07, 6.45) is 3.45. The van der Waals surface area contributed by atoms with Gasteiger partial charge in [0.2, 0.25) is 0 Å². The van der Waals surface area contributed by atoms with Crippen LogP contribution in [0.1, 0.15) is 0 Å². The molecular weight excluding hydrogens is 407 g/mol. The van der Waals surface area contributed by atoms with Crippen LogP contribution in [0.4, 0.5) is 0 Å². The zero-order chi connectivity index (χ0) is 14.1. The van der Waals surface area contributed by atoms with Gasteiger partial charge in [0.05, 0.1) is 5.69 Å². The first-order chi connectivity index (χ1) is 9.66. The highest BCUT2D eigenvalue weighted by Crippen LogP contribution is 2.26. The zero-order valence-electron chi connectivity index (χ0n) is 10.0. The van der Waals surface area contributed by atoms with E-state index < -0.39 is 0 Å². The number of hydrogen-bond acceptors (Lipinski definition) is 3. The summed E-state index contributed by atoms with van der Waals surface area (Å²) < 4.78 is 3.43. The maximum Gasteiger partial charge on any atom is 0.200 e. The second-order valence-corrected chi connectivity index (χ2v) is 6.00. The lowest BCUT2D eigenvalue weighted by Gasteiger charge is -2.09. The van der Waals surface area contributed by atoms with Gasteiger partial charge in [0.15, 0.2) is 10.6 Å². The lowest BCUT2D eigenvalue weighted by atomic mass is 10.2. The summed E-state index contributed by atoms with van der Waals surface area (Å²) in [5.74, 6) is 0.748. The van der Waals surface area contributed by atoms with Gasteiger partial charge in [-0.3, -0.25) is 14.6 Å². The van der Waals surface area contributed by atoms with Crippen LogP contribution in [-0.4, -0.2) is 19.7 Å². The van der Waals surface area contributed by atoms with E-state index in [-0.39, 0.29) is 0 Å². The van der Waals surface area contributed by atoms with Crippen LogP contribution in [-0.2, 0) is 0 Å². The van der Waals surface area contributed by atoms with E-state index in [1.54, 1.807) is 12.4 Å². The monoisotopic (exact) mass is 414 g/mol. The molecule has 0 spiro atoms. The highest BCUT2D eigenvalue weighted by atomic mass is 127. The van der Waals surface area contributed by atoms with E-state index in [0.29, 0.717) is 9.79 Å². The number of rotatable bonds is 2. The van der Waals surface area contributed by atoms with Crippen molar-refractivity contribution in [3.63, 3.8) is 0 Å². The Balaban J connectivity index is 2.25. The average molecular weight is 415 g/mol. The van der Waals surface area contributed by atoms with Crippen LogP contribution in [0.5, 0.6) is 0 Å². The van der Waals surface area contributed by atoms with Crippen molar-refractivity contribution < 1.29 is 0 Å². The molecule has 0 fully saturated rings. The predicted octanol–water partition coefficient (Wildman–Crippen LogP) is 4.25. The second kappa shape index (κ2) is 5.63. The van der Waals surface area contributed by atoms with Crippen LogP contribution in [0.15, 0.2) is 42.7 Å². The summed E-state index contributed by atoms with van der Waals surface area (Å²) in [6.45, 7) is 0. The molecule has 0 radical (unpaired) electrons. The molecule has 2 heterocycles. The summed E-state index contributed by atoms with van der Waals surface area (Å²) in [5, 5.41) is 7.84. The van der Waals surface area contributed by atoms with Crippen molar-refractivity contribution in [3.05, 3.63) is 56.1 Å². The fraction of sp³-hybridized carbons (Fsp3) is 0. The molecule has 3 rings (SSSR count). The molecule has 1 N–H and O–H groups in total. The first kappa shape index (κ1) is 13.7. The number of aromatic amines is 1. The maximum absolute atomic E-state index is 6.00. The van der Waals surface area contributed by atoms with Crippen LogP contribution in [0.25, 0.3) is 17.1 Å². The van der Waals surface area contributed by atoms with Gasteiger partial charge in [-0.15, -0.1) is 0 Å². The quantitative estimate of drug-likeness (QED) is 0.504. The summed E-state index contributed by atoms with van der Waals surface area (Å²) >= 11 is 13.6. The topological polar surface area (TPSA) is 46.5 Å². The Morgan fingerprint density at radius 3 is 2.65 bits per heavy atom. The third kappa shape index (κ3) is 2.50. The molecule has 20 heavy (non-hydrogen) atoms. The van der Waals surface area contributed by atoms with E-state index in [0.717, 1.165) is 20.6 Å². The standard InChI is InChI=1S/C13H8ClIN4S/c14-9-1-2-11(10(15)7-9)19-12(17-18-13(19)20)8-3-5-16-6-4-8/h1-7H,(H,18,20). The van der Waals surface area contributed by atoms with E-state index in [1.807, 2.05) is 34.9 Å². The van der Waals surface area contributed by atoms with Gasteiger partial charge in [-0.2, -0.15) is 5.10 Å². The molecule has 100 valence electrons. The van der Waals surface area contributed by atoms with E-state index in [4.69, 9.17) is 23.8 Å². The highest BCUT2D eigenvalue weighted by Gasteiger charge is 2.13. The molecular formula is C13H8ClIN4S. The Bertz CT molecular complexity index is 813. The van der Waals surface area contributed by atoms with Crippen LogP contribution in [0, 0.1) is 8.34 Å². The predicted molar refractivity (Wildman–Crippen MR) is 89.7 cm³/mol. The van der Waals surface area contributed by atoms with E-state index in [1.165, 1.54) is 0 Å². The molecule has 7 heteroatoms. The van der Waals surface area contributed by atoms with E-state index >= 15 is 0 Å². The number of nitrogens with zero attached hydrogens (tertiary/aromatic N) is 3. The zero-order valence-corrected chi connectivity index (χ0v) is 13.8. The summed E-state index contributed by atoms with van der Waals surface area (Å²) in [4.78, 5) is 4.02. The summed E-state index contributed by atoms with van der Waals surface area (Å²) in [6, 6.07) is 9.45. The fourth-order valence-electron chi connectivity index (χ4n) is 1.88. The molecule has 0 aliphatic rings. The first-order valence-electron chi connectivity index (χ1n) is 5.70. The van der Waals surface area contributed by atoms with Crippen molar-refractivity contribution in [2.45, 2.75) is 0 Å². The number of hydrogen-bond donors (Lipinski definition) is 1. The Kier molecular flexibility index (Phi) is 3.86. The highest BCUT2D eigenvalue weighted by molar-refractivity contribution is 14.1. The minimum atomic E-state index is 0.539. The molecule has 0 saturated heterocycles. The van der Waals surface area contributed by atoms with Gasteiger partial charge >= 0.3 is 0 Å². The third-order valence-electron chi connectivity index (χ3n) is 2.76. The van der Waals surface area contributed by atoms with Crippen molar-refractivity contribution in [1.29, 1.82) is 0 Å². The summed E-state index contributed by atoms with van der Waals surface area (Å²) in [5.41, 5.74) is 1.89. The number of benzene rings is 1. The molecule has 0 atom stereocenters. The Labute approximate surface area is 139 Å². The largest absolute Gasteiger partial charge is 0.267 e. The van der Waals surface area contributed by atoms with Gasteiger partial charge < -0.3 is 0 Å². The summed E-state index contributed by atoms with van der Waals surface area (Å²) in [7, 11) is 0. The number of nitrogens with one attached hydrogen (secondary N) is 1. The average Bonchev–Trinajstić information content (AvgIpc) is 2.82. The number of halogens is 2. The molecule has 1 aromatic carbocycles. The maximum atomic E-state index is 6.00. The molecule has 4 nitrogen and oxygen atoms in total. The molecule has 0 amide bonds. The Morgan fingerprint density at radius 2 is 1.95 bits per heavy atom. The van der Waals surface area contributed by atoms with Crippen LogP contribution < -0.4 is 0 Å². The van der Waals surface area contributed by atoms with Crippen LogP contribution >= 0.6 is 46.4 Å². The van der Waals surface area contributed by atoms with Crippen LogP contribution in [0.3, 0.4) is 0 Å². The van der Waals surface area contributed by atoms with Gasteiger partial charge in [-0.1, -0.05) is 11.6 Å². The normalized spacial score (nSPS) is 10.7. The molecule has 0 unspecified atom stereocenters. The van der Waals surface area contributed by atoms with Gasteiger partial charge in [0, 0.05) is 26.5 Å². The van der Waals surface area contributed by atoms with Crippen molar-refractivity contribution in [3.8, 4) is 17.1 Å². The lowest BCUT2D eigenvalue weighted by molar-refractivity contribution is 1.03. The van der Waals surface area contributed by atoms with Crippen molar-refractivity contribution >= 4 is 46.4 Å². The van der Waals surface area contributed by atoms with E-state index in [9.17, 15) is 0 Å². The molecule has 0 bridgehead atoms. The van der Waals surface area contributed by atoms with Gasteiger partial charge in [0.25, 0.3) is 0 Å². The van der Waals surface area contributed by atoms with Gasteiger partial charge in [-0.05, 0) is 65.1 Å². The minimum absolute atomic E-state index is 0.539. The van der Waals surface area contributed by atoms with Crippen molar-refractivity contribution in [2.24, 2.45) is 0 Å². The Hall–Kier alpha value is -1.25. The fourth-order valence-corrected chi connectivity index (χ4v) is 3.22. The smallest absolute Gasteiger partial charge is 0.200 e. The van der Waals surface area contributed by atoms with Crippen molar-refractivity contribution in [2.75, 3.05) is 0 Å². The lowest BCUT2D eigenvalue weighted by Crippen LogP contribution is -2.00. The SMILES string of the molecule is S=c1[nH]nc(-c2ccncc2)n1-c1ccc(Cl)cc1I. The first-order valence-corrected chi connectivity index (χ1v) is 7.56. The number of pyridine rings is 1. The molecule has 0 saturated carbocycles. The minimum Gasteiger partial charge on any atom is -0.267 e. The second-order valence-electron chi connectivity index (χ2n) is 4.02.